The van der Waals surface area contributed by atoms with Crippen LogP contribution < -0.4 is 5.73 Å². The Labute approximate surface area is 98.0 Å². The maximum atomic E-state index is 8.73. The lowest BCUT2D eigenvalue weighted by atomic mass is 9.84. The maximum absolute atomic E-state index is 8.73. The first-order chi connectivity index (χ1) is 7.70. The number of nitrogens with two attached hydrogens (primary N) is 1. The Morgan fingerprint density at radius 1 is 1.44 bits per heavy atom. The van der Waals surface area contributed by atoms with E-state index < -0.39 is 0 Å². The molecule has 0 saturated carbocycles. The van der Waals surface area contributed by atoms with Gasteiger partial charge in [0.15, 0.2) is 0 Å². The lowest BCUT2D eigenvalue weighted by Gasteiger charge is -2.46. The van der Waals surface area contributed by atoms with Crippen LogP contribution in [0.1, 0.15) is 19.3 Å². The van der Waals surface area contributed by atoms with Gasteiger partial charge in [-0.1, -0.05) is 0 Å². The van der Waals surface area contributed by atoms with Gasteiger partial charge in [-0.05, 0) is 45.3 Å². The van der Waals surface area contributed by atoms with Crippen LogP contribution in [0.25, 0.3) is 0 Å². The quantitative estimate of drug-likeness (QED) is 0.728. The third-order valence-electron chi connectivity index (χ3n) is 4.05. The summed E-state index contributed by atoms with van der Waals surface area (Å²) in [6.45, 7) is 4.22. The molecule has 2 N–H and O–H groups in total. The summed E-state index contributed by atoms with van der Waals surface area (Å²) in [6.07, 6.45) is 3.89. The predicted molar refractivity (Wildman–Crippen MR) is 63.8 cm³/mol. The Morgan fingerprint density at radius 3 is 3.00 bits per heavy atom. The summed E-state index contributed by atoms with van der Waals surface area (Å²) in [5.41, 5.74) is 5.69. The number of fused-ring (bicyclic) bond motifs is 1. The van der Waals surface area contributed by atoms with Crippen molar-refractivity contribution >= 4 is 0 Å². The zero-order valence-electron chi connectivity index (χ0n) is 10.1. The molecule has 0 aliphatic carbocycles. The van der Waals surface area contributed by atoms with Crippen LogP contribution in [-0.2, 0) is 0 Å². The largest absolute Gasteiger partial charge is 0.315 e. The second kappa shape index (κ2) is 5.13. The van der Waals surface area contributed by atoms with Crippen molar-refractivity contribution in [1.29, 1.82) is 5.26 Å². The third kappa shape index (κ3) is 2.54. The van der Waals surface area contributed by atoms with Crippen LogP contribution in [-0.4, -0.2) is 55.1 Å². The molecule has 4 nitrogen and oxygen atoms in total. The normalized spacial score (nSPS) is 34.1. The minimum Gasteiger partial charge on any atom is -0.315 e. The average molecular weight is 222 g/mol. The van der Waals surface area contributed by atoms with E-state index in [4.69, 9.17) is 11.0 Å². The monoisotopic (exact) mass is 222 g/mol. The van der Waals surface area contributed by atoms with Gasteiger partial charge >= 0.3 is 0 Å². The standard InChI is InChI=1S/C12H22N4/c1-15-5-2-3-10-8-16(6-4-12(10)15)9-11(14)7-13/h10-12H,2-6,8-9,14H2,1H3. The highest BCUT2D eigenvalue weighted by molar-refractivity contribution is 4.93. The van der Waals surface area contributed by atoms with Crippen LogP contribution >= 0.6 is 0 Å². The van der Waals surface area contributed by atoms with Gasteiger partial charge in [0.1, 0.15) is 6.04 Å². The van der Waals surface area contributed by atoms with Crippen molar-refractivity contribution in [3.05, 3.63) is 0 Å². The summed E-state index contributed by atoms with van der Waals surface area (Å²) in [6, 6.07) is 2.56. The fourth-order valence-corrected chi connectivity index (χ4v) is 3.21. The lowest BCUT2D eigenvalue weighted by molar-refractivity contribution is 0.0381. The van der Waals surface area contributed by atoms with Gasteiger partial charge in [0.2, 0.25) is 0 Å². The minimum atomic E-state index is -0.321. The van der Waals surface area contributed by atoms with Gasteiger partial charge in [0, 0.05) is 19.1 Å². The lowest BCUT2D eigenvalue weighted by Crippen LogP contribution is -2.54. The van der Waals surface area contributed by atoms with Crippen molar-refractivity contribution in [2.24, 2.45) is 11.7 Å². The highest BCUT2D eigenvalue weighted by Crippen LogP contribution is 2.29. The first-order valence-corrected chi connectivity index (χ1v) is 6.28. The predicted octanol–water partition coefficient (Wildman–Crippen LogP) is 0.253. The van der Waals surface area contributed by atoms with Crippen LogP contribution in [0.15, 0.2) is 0 Å². The maximum Gasteiger partial charge on any atom is 0.106 e. The van der Waals surface area contributed by atoms with Crippen molar-refractivity contribution in [1.82, 2.24) is 9.80 Å². The molecule has 0 amide bonds. The van der Waals surface area contributed by atoms with E-state index >= 15 is 0 Å². The molecule has 0 aromatic heterocycles. The summed E-state index contributed by atoms with van der Waals surface area (Å²) in [4.78, 5) is 4.88. The van der Waals surface area contributed by atoms with Crippen molar-refractivity contribution in [2.75, 3.05) is 33.2 Å². The Bertz CT molecular complexity index is 273. The molecule has 0 aromatic rings. The molecule has 2 saturated heterocycles. The molecule has 3 unspecified atom stereocenters. The molecule has 2 aliphatic heterocycles. The van der Waals surface area contributed by atoms with Gasteiger partial charge < -0.3 is 15.5 Å². The number of hydrogen-bond acceptors (Lipinski definition) is 4. The molecule has 0 bridgehead atoms. The second-order valence-corrected chi connectivity index (χ2v) is 5.23. The van der Waals surface area contributed by atoms with E-state index in [1.54, 1.807) is 0 Å². The van der Waals surface area contributed by atoms with Crippen molar-refractivity contribution in [3.63, 3.8) is 0 Å². The van der Waals surface area contributed by atoms with Gasteiger partial charge in [-0.25, -0.2) is 0 Å². The molecule has 16 heavy (non-hydrogen) atoms. The van der Waals surface area contributed by atoms with Crippen molar-refractivity contribution in [3.8, 4) is 6.07 Å². The van der Waals surface area contributed by atoms with Crippen molar-refractivity contribution < 1.29 is 0 Å². The number of piperidine rings is 2. The summed E-state index contributed by atoms with van der Waals surface area (Å²) in [5.74, 6) is 0.790. The highest BCUT2D eigenvalue weighted by Gasteiger charge is 2.34. The molecular weight excluding hydrogens is 200 g/mol. The second-order valence-electron chi connectivity index (χ2n) is 5.23. The summed E-state index contributed by atoms with van der Waals surface area (Å²) in [5, 5.41) is 8.73. The number of nitrogens with zero attached hydrogens (tertiary/aromatic N) is 3. The molecule has 0 radical (unpaired) electrons. The van der Waals surface area contributed by atoms with E-state index in [1.807, 2.05) is 0 Å². The fourth-order valence-electron chi connectivity index (χ4n) is 3.21. The van der Waals surface area contributed by atoms with Gasteiger partial charge in [0.05, 0.1) is 6.07 Å². The highest BCUT2D eigenvalue weighted by atomic mass is 15.2. The topological polar surface area (TPSA) is 56.3 Å². The van der Waals surface area contributed by atoms with Gasteiger partial charge in [-0.2, -0.15) is 5.26 Å². The molecule has 0 aromatic carbocycles. The van der Waals surface area contributed by atoms with Crippen molar-refractivity contribution in [2.45, 2.75) is 31.3 Å². The zero-order chi connectivity index (χ0) is 11.5. The molecule has 0 spiro atoms. The van der Waals surface area contributed by atoms with Crippen LogP contribution in [0.3, 0.4) is 0 Å². The Hall–Kier alpha value is -0.630. The summed E-state index contributed by atoms with van der Waals surface area (Å²) < 4.78 is 0. The smallest absolute Gasteiger partial charge is 0.106 e. The number of nitriles is 1. The molecular formula is C12H22N4. The summed E-state index contributed by atoms with van der Waals surface area (Å²) >= 11 is 0. The van der Waals surface area contributed by atoms with E-state index in [0.717, 1.165) is 31.6 Å². The number of likely N-dealkylation sites (tertiary alicyclic amines) is 2. The van der Waals surface area contributed by atoms with Crippen LogP contribution in [0, 0.1) is 17.2 Å². The van der Waals surface area contributed by atoms with Crippen LogP contribution in [0.5, 0.6) is 0 Å². The molecule has 2 heterocycles. The number of hydrogen-bond donors (Lipinski definition) is 1. The van der Waals surface area contributed by atoms with Crippen LogP contribution in [0.4, 0.5) is 0 Å². The first-order valence-electron chi connectivity index (χ1n) is 6.28. The Kier molecular flexibility index (Phi) is 3.80. The van der Waals surface area contributed by atoms with E-state index in [-0.39, 0.29) is 6.04 Å². The third-order valence-corrected chi connectivity index (χ3v) is 4.05. The van der Waals surface area contributed by atoms with Gasteiger partial charge in [-0.15, -0.1) is 0 Å². The van der Waals surface area contributed by atoms with Crippen LogP contribution in [0.2, 0.25) is 0 Å². The average Bonchev–Trinajstić information content (AvgIpc) is 2.29. The van der Waals surface area contributed by atoms with Gasteiger partial charge in [-0.3, -0.25) is 0 Å². The van der Waals surface area contributed by atoms with E-state index in [0.29, 0.717) is 0 Å². The van der Waals surface area contributed by atoms with E-state index in [9.17, 15) is 0 Å². The molecule has 2 rings (SSSR count). The fraction of sp³-hybridized carbons (Fsp3) is 0.917. The SMILES string of the molecule is CN1CCCC2CN(CC(N)C#N)CCC21. The zero-order valence-corrected chi connectivity index (χ0v) is 10.1. The van der Waals surface area contributed by atoms with E-state index in [2.05, 4.69) is 22.9 Å². The Balaban J connectivity index is 1.88. The molecule has 3 atom stereocenters. The molecule has 2 aliphatic rings. The minimum absolute atomic E-state index is 0.321. The molecule has 2 fully saturated rings. The van der Waals surface area contributed by atoms with E-state index in [1.165, 1.54) is 25.8 Å². The Morgan fingerprint density at radius 2 is 2.25 bits per heavy atom. The first kappa shape index (κ1) is 11.8. The number of rotatable bonds is 2. The molecule has 90 valence electrons. The molecule has 4 heteroatoms. The summed E-state index contributed by atoms with van der Waals surface area (Å²) in [7, 11) is 2.24. The van der Waals surface area contributed by atoms with Gasteiger partial charge in [0.25, 0.3) is 0 Å².